The molecule has 16 heavy (non-hydrogen) atoms. The van der Waals surface area contributed by atoms with Gasteiger partial charge in [0.15, 0.2) is 9.84 Å². The lowest BCUT2D eigenvalue weighted by Gasteiger charge is -2.13. The Bertz CT molecular complexity index is 433. The maximum Gasteiger partial charge on any atom is 0.154 e. The summed E-state index contributed by atoms with van der Waals surface area (Å²) in [4.78, 5) is 0. The van der Waals surface area contributed by atoms with E-state index < -0.39 is 9.84 Å². The average Bonchev–Trinajstić information content (AvgIpc) is 2.62. The molecule has 1 unspecified atom stereocenters. The number of nitrogens with two attached hydrogens (primary N) is 1. The highest BCUT2D eigenvalue weighted by Crippen LogP contribution is 2.11. The number of rotatable bonds is 5. The molecule has 1 rings (SSSR count). The molecule has 0 spiro atoms. The van der Waals surface area contributed by atoms with E-state index in [0.29, 0.717) is 6.54 Å². The second kappa shape index (κ2) is 5.01. The van der Waals surface area contributed by atoms with E-state index in [2.05, 4.69) is 0 Å². The molecule has 0 saturated heterocycles. The van der Waals surface area contributed by atoms with E-state index >= 15 is 0 Å². The monoisotopic (exact) mass is 244 g/mol. The van der Waals surface area contributed by atoms with Crippen LogP contribution in [0.25, 0.3) is 0 Å². The Morgan fingerprint density at radius 3 is 2.50 bits per heavy atom. The van der Waals surface area contributed by atoms with E-state index in [9.17, 15) is 8.42 Å². The van der Waals surface area contributed by atoms with Crippen LogP contribution in [0.5, 0.6) is 0 Å². The van der Waals surface area contributed by atoms with Crippen LogP contribution in [-0.2, 0) is 16.4 Å². The highest BCUT2D eigenvalue weighted by Gasteiger charge is 2.16. The summed E-state index contributed by atoms with van der Waals surface area (Å²) in [6.45, 7) is 5.78. The lowest BCUT2D eigenvalue weighted by atomic mass is 10.2. The van der Waals surface area contributed by atoms with E-state index in [1.165, 1.54) is 0 Å². The summed E-state index contributed by atoms with van der Waals surface area (Å²) >= 11 is 0. The van der Waals surface area contributed by atoms with Crippen LogP contribution >= 0.6 is 0 Å². The van der Waals surface area contributed by atoms with Gasteiger partial charge < -0.3 is 10.3 Å². The molecule has 0 aliphatic rings. The van der Waals surface area contributed by atoms with Gasteiger partial charge in [0.2, 0.25) is 0 Å². The Morgan fingerprint density at radius 1 is 1.38 bits per heavy atom. The number of aryl methyl sites for hydroxylation is 1. The predicted molar refractivity (Wildman–Crippen MR) is 66.0 cm³/mol. The summed E-state index contributed by atoms with van der Waals surface area (Å²) < 4.78 is 25.2. The number of hydrogen-bond acceptors (Lipinski definition) is 3. The third-order valence-corrected chi connectivity index (χ3v) is 4.85. The van der Waals surface area contributed by atoms with E-state index in [1.54, 1.807) is 13.8 Å². The van der Waals surface area contributed by atoms with Crippen molar-refractivity contribution < 1.29 is 8.42 Å². The van der Waals surface area contributed by atoms with Crippen LogP contribution in [0.3, 0.4) is 0 Å². The normalized spacial score (nSPS) is 14.3. The maximum absolute atomic E-state index is 11.7. The Labute approximate surface area is 97.4 Å². The van der Waals surface area contributed by atoms with Crippen LogP contribution in [0, 0.1) is 0 Å². The summed E-state index contributed by atoms with van der Waals surface area (Å²) in [5, 5.41) is -0.318. The number of nitrogens with zero attached hydrogens (tertiary/aromatic N) is 1. The van der Waals surface area contributed by atoms with Gasteiger partial charge in [-0.25, -0.2) is 8.42 Å². The van der Waals surface area contributed by atoms with Crippen molar-refractivity contribution in [3.63, 3.8) is 0 Å². The van der Waals surface area contributed by atoms with Gasteiger partial charge in [-0.1, -0.05) is 0 Å². The maximum atomic E-state index is 11.7. The minimum absolute atomic E-state index is 0.0724. The molecule has 1 aromatic rings. The standard InChI is InChI=1S/C11H20N2O2S/c1-9(2)16(14,15)8-7-13-6-4-5-11(13)10(3)12/h4-6,9-10H,7-8,12H2,1-3H3. The van der Waals surface area contributed by atoms with Crippen molar-refractivity contribution >= 4 is 9.84 Å². The molecule has 1 heterocycles. The second-order valence-electron chi connectivity index (χ2n) is 4.33. The molecule has 1 atom stereocenters. The van der Waals surface area contributed by atoms with Crippen LogP contribution in [0.15, 0.2) is 18.3 Å². The van der Waals surface area contributed by atoms with Gasteiger partial charge in [0.05, 0.1) is 11.0 Å². The van der Waals surface area contributed by atoms with Gasteiger partial charge in [0.25, 0.3) is 0 Å². The summed E-state index contributed by atoms with van der Waals surface area (Å²) in [6, 6.07) is 3.74. The Morgan fingerprint density at radius 2 is 2.00 bits per heavy atom. The smallest absolute Gasteiger partial charge is 0.154 e. The quantitative estimate of drug-likeness (QED) is 0.850. The second-order valence-corrected chi connectivity index (χ2v) is 7.01. The van der Waals surface area contributed by atoms with E-state index in [-0.39, 0.29) is 17.0 Å². The van der Waals surface area contributed by atoms with Crippen LogP contribution in [0.2, 0.25) is 0 Å². The lowest BCUT2D eigenvalue weighted by Crippen LogP contribution is -2.22. The van der Waals surface area contributed by atoms with Crippen LogP contribution < -0.4 is 5.73 Å². The predicted octanol–water partition coefficient (Wildman–Crippen LogP) is 1.33. The Kier molecular flexibility index (Phi) is 4.15. The molecule has 2 N–H and O–H groups in total. The van der Waals surface area contributed by atoms with Crippen molar-refractivity contribution in [3.05, 3.63) is 24.0 Å². The minimum atomic E-state index is -2.98. The third-order valence-electron chi connectivity index (χ3n) is 2.67. The molecule has 0 aliphatic carbocycles. The fourth-order valence-electron chi connectivity index (χ4n) is 1.51. The van der Waals surface area contributed by atoms with E-state index in [1.807, 2.05) is 29.8 Å². The van der Waals surface area contributed by atoms with Crippen molar-refractivity contribution in [2.24, 2.45) is 5.73 Å². The van der Waals surface area contributed by atoms with Crippen molar-refractivity contribution in [1.82, 2.24) is 4.57 Å². The zero-order valence-corrected chi connectivity index (χ0v) is 10.9. The van der Waals surface area contributed by atoms with Gasteiger partial charge in [-0.05, 0) is 32.9 Å². The first-order chi connectivity index (χ1) is 7.34. The average molecular weight is 244 g/mol. The first-order valence-corrected chi connectivity index (χ1v) is 7.18. The summed E-state index contributed by atoms with van der Waals surface area (Å²) in [7, 11) is -2.98. The summed E-state index contributed by atoms with van der Waals surface area (Å²) in [5.74, 6) is 0.166. The van der Waals surface area contributed by atoms with Crippen LogP contribution in [-0.4, -0.2) is 24.0 Å². The minimum Gasteiger partial charge on any atom is -0.349 e. The Balaban J connectivity index is 2.72. The summed E-state index contributed by atoms with van der Waals surface area (Å²) in [6.07, 6.45) is 1.87. The lowest BCUT2D eigenvalue weighted by molar-refractivity contribution is 0.576. The first kappa shape index (κ1) is 13.3. The molecular formula is C11H20N2O2S. The topological polar surface area (TPSA) is 65.1 Å². The van der Waals surface area contributed by atoms with Crippen molar-refractivity contribution in [1.29, 1.82) is 0 Å². The number of aromatic nitrogens is 1. The van der Waals surface area contributed by atoms with Gasteiger partial charge in [0, 0.05) is 24.5 Å². The molecule has 0 aliphatic heterocycles. The molecule has 1 aromatic heterocycles. The molecule has 0 radical (unpaired) electrons. The molecule has 0 aromatic carbocycles. The largest absolute Gasteiger partial charge is 0.349 e. The van der Waals surface area contributed by atoms with Crippen LogP contribution in [0.4, 0.5) is 0 Å². The fourth-order valence-corrected chi connectivity index (χ4v) is 2.43. The fraction of sp³-hybridized carbons (Fsp3) is 0.636. The molecular weight excluding hydrogens is 224 g/mol. The number of sulfone groups is 1. The summed E-state index contributed by atoms with van der Waals surface area (Å²) in [5.41, 5.74) is 6.76. The van der Waals surface area contributed by atoms with Crippen molar-refractivity contribution in [3.8, 4) is 0 Å². The van der Waals surface area contributed by atoms with Gasteiger partial charge >= 0.3 is 0 Å². The zero-order valence-electron chi connectivity index (χ0n) is 10.1. The molecule has 0 bridgehead atoms. The van der Waals surface area contributed by atoms with E-state index in [0.717, 1.165) is 5.69 Å². The number of hydrogen-bond donors (Lipinski definition) is 1. The third kappa shape index (κ3) is 3.09. The first-order valence-electron chi connectivity index (χ1n) is 5.47. The molecule has 0 amide bonds. The van der Waals surface area contributed by atoms with Gasteiger partial charge in [-0.3, -0.25) is 0 Å². The van der Waals surface area contributed by atoms with E-state index in [4.69, 9.17) is 5.73 Å². The molecule has 0 saturated carbocycles. The van der Waals surface area contributed by atoms with Gasteiger partial charge in [0.1, 0.15) is 0 Å². The van der Waals surface area contributed by atoms with Gasteiger partial charge in [-0.15, -0.1) is 0 Å². The molecule has 5 heteroatoms. The van der Waals surface area contributed by atoms with Gasteiger partial charge in [-0.2, -0.15) is 0 Å². The zero-order chi connectivity index (χ0) is 12.3. The SMILES string of the molecule is CC(N)c1cccn1CCS(=O)(=O)C(C)C. The van der Waals surface area contributed by atoms with Crippen LogP contribution in [0.1, 0.15) is 32.5 Å². The highest BCUT2D eigenvalue weighted by atomic mass is 32.2. The molecule has 92 valence electrons. The Hall–Kier alpha value is -0.810. The highest BCUT2D eigenvalue weighted by molar-refractivity contribution is 7.91. The van der Waals surface area contributed by atoms with Crippen molar-refractivity contribution in [2.45, 2.75) is 38.6 Å². The van der Waals surface area contributed by atoms with Crippen molar-refractivity contribution in [2.75, 3.05) is 5.75 Å². The molecule has 0 fully saturated rings. The molecule has 4 nitrogen and oxygen atoms in total.